The zero-order chi connectivity index (χ0) is 18.8. The summed E-state index contributed by atoms with van der Waals surface area (Å²) in [6.07, 6.45) is 7.49. The van der Waals surface area contributed by atoms with Crippen molar-refractivity contribution >= 4 is 19.9 Å². The van der Waals surface area contributed by atoms with Crippen LogP contribution in [0.25, 0.3) is 0 Å². The van der Waals surface area contributed by atoms with Gasteiger partial charge in [-0.1, -0.05) is 0 Å². The molecule has 26 heavy (non-hydrogen) atoms. The van der Waals surface area contributed by atoms with Crippen molar-refractivity contribution in [1.82, 2.24) is 4.72 Å². The van der Waals surface area contributed by atoms with Gasteiger partial charge in [0.1, 0.15) is 0 Å². The Bertz CT molecular complexity index is 908. The lowest BCUT2D eigenvalue weighted by atomic mass is 9.47. The average Bonchev–Trinajstić information content (AvgIpc) is 2.50. The number of nitrogens with two attached hydrogens (primary N) is 1. The first-order valence-corrected chi connectivity index (χ1v) is 12.4. The fourth-order valence-electron chi connectivity index (χ4n) is 5.93. The van der Waals surface area contributed by atoms with E-state index >= 15 is 0 Å². The highest BCUT2D eigenvalue weighted by Crippen LogP contribution is 2.60. The van der Waals surface area contributed by atoms with Crippen LogP contribution >= 0.6 is 0 Å². The minimum atomic E-state index is -3.67. The molecule has 4 saturated carbocycles. The molecular formula is C18H26N2O4S2. The number of benzene rings is 1. The molecule has 0 aliphatic heterocycles. The van der Waals surface area contributed by atoms with Crippen LogP contribution in [0, 0.1) is 17.3 Å². The van der Waals surface area contributed by atoms with Crippen LogP contribution in [0.3, 0.4) is 0 Å². The van der Waals surface area contributed by atoms with Crippen LogP contribution in [0.4, 0.5) is 0 Å². The Morgan fingerprint density at radius 2 is 1.54 bits per heavy atom. The smallest absolute Gasteiger partial charge is 0.240 e. The van der Waals surface area contributed by atoms with Crippen molar-refractivity contribution in [2.75, 3.05) is 12.8 Å². The first-order valence-electron chi connectivity index (χ1n) is 9.08. The van der Waals surface area contributed by atoms with Gasteiger partial charge in [-0.25, -0.2) is 21.6 Å². The molecule has 4 aliphatic carbocycles. The monoisotopic (exact) mass is 398 g/mol. The summed E-state index contributed by atoms with van der Waals surface area (Å²) in [5.41, 5.74) is 6.43. The van der Waals surface area contributed by atoms with Gasteiger partial charge in [-0.3, -0.25) is 0 Å². The maximum Gasteiger partial charge on any atom is 0.240 e. The molecule has 0 aromatic heterocycles. The molecule has 1 aromatic carbocycles. The molecule has 0 saturated heterocycles. The van der Waals surface area contributed by atoms with E-state index in [1.165, 1.54) is 30.7 Å². The van der Waals surface area contributed by atoms with Crippen molar-refractivity contribution in [3.05, 3.63) is 24.3 Å². The third-order valence-corrected chi connectivity index (χ3v) is 8.97. The van der Waals surface area contributed by atoms with Crippen molar-refractivity contribution in [3.63, 3.8) is 0 Å². The molecule has 144 valence electrons. The summed E-state index contributed by atoms with van der Waals surface area (Å²) < 4.78 is 51.2. The number of hydrogen-bond donors (Lipinski definition) is 2. The van der Waals surface area contributed by atoms with E-state index < -0.39 is 19.9 Å². The SMILES string of the molecule is CS(=O)(=O)c1ccc(S(=O)(=O)NCC23CC4CC(CC(N)(C4)C2)C3)cc1. The summed E-state index contributed by atoms with van der Waals surface area (Å²) in [6.45, 7) is 0.412. The molecule has 0 spiro atoms. The third-order valence-electron chi connectivity index (χ3n) is 6.43. The van der Waals surface area contributed by atoms with E-state index in [9.17, 15) is 16.8 Å². The van der Waals surface area contributed by atoms with Gasteiger partial charge in [0.2, 0.25) is 10.0 Å². The summed E-state index contributed by atoms with van der Waals surface area (Å²) in [6, 6.07) is 5.37. The molecule has 4 aliphatic rings. The van der Waals surface area contributed by atoms with Crippen LogP contribution in [0.5, 0.6) is 0 Å². The number of sulfone groups is 1. The topological polar surface area (TPSA) is 106 Å². The molecule has 3 N–H and O–H groups in total. The first kappa shape index (κ1) is 18.4. The van der Waals surface area contributed by atoms with E-state index in [0.29, 0.717) is 18.4 Å². The van der Waals surface area contributed by atoms with E-state index in [4.69, 9.17) is 5.73 Å². The summed E-state index contributed by atoms with van der Waals surface area (Å²) >= 11 is 0. The van der Waals surface area contributed by atoms with Crippen LogP contribution in [0.15, 0.2) is 34.1 Å². The van der Waals surface area contributed by atoms with Crippen molar-refractivity contribution in [1.29, 1.82) is 0 Å². The van der Waals surface area contributed by atoms with Crippen LogP contribution < -0.4 is 10.5 Å². The molecule has 8 heteroatoms. The molecule has 6 nitrogen and oxygen atoms in total. The molecule has 1 aromatic rings. The van der Waals surface area contributed by atoms with Gasteiger partial charge in [0.05, 0.1) is 9.79 Å². The summed E-state index contributed by atoms with van der Waals surface area (Å²) in [5.74, 6) is 1.25. The molecule has 0 amide bonds. The highest BCUT2D eigenvalue weighted by molar-refractivity contribution is 7.90. The normalized spacial score (nSPS) is 36.4. The second-order valence-corrected chi connectivity index (χ2v) is 12.7. The minimum absolute atomic E-state index is 0.0292. The highest BCUT2D eigenvalue weighted by atomic mass is 32.2. The molecule has 4 bridgehead atoms. The molecule has 0 heterocycles. The van der Waals surface area contributed by atoms with Crippen LogP contribution in [0.1, 0.15) is 38.5 Å². The predicted octanol–water partition coefficient (Wildman–Crippen LogP) is 1.67. The molecule has 0 radical (unpaired) electrons. The zero-order valence-electron chi connectivity index (χ0n) is 14.9. The fourth-order valence-corrected chi connectivity index (χ4v) is 7.72. The summed E-state index contributed by atoms with van der Waals surface area (Å²) in [7, 11) is -7.02. The summed E-state index contributed by atoms with van der Waals surface area (Å²) in [4.78, 5) is 0.208. The van der Waals surface area contributed by atoms with E-state index in [1.807, 2.05) is 0 Å². The minimum Gasteiger partial charge on any atom is -0.325 e. The van der Waals surface area contributed by atoms with Crippen LogP contribution in [-0.4, -0.2) is 35.2 Å². The third kappa shape index (κ3) is 3.32. The van der Waals surface area contributed by atoms with E-state index in [-0.39, 0.29) is 20.7 Å². The van der Waals surface area contributed by atoms with Crippen LogP contribution in [-0.2, 0) is 19.9 Å². The Morgan fingerprint density at radius 1 is 1.00 bits per heavy atom. The van der Waals surface area contributed by atoms with Gasteiger partial charge in [-0.15, -0.1) is 0 Å². The Morgan fingerprint density at radius 3 is 2.04 bits per heavy atom. The first-order chi connectivity index (χ1) is 12.0. The lowest BCUT2D eigenvalue weighted by molar-refractivity contribution is -0.0632. The van der Waals surface area contributed by atoms with E-state index in [0.717, 1.165) is 38.4 Å². The highest BCUT2D eigenvalue weighted by Gasteiger charge is 2.56. The number of nitrogens with one attached hydrogen (secondary N) is 1. The van der Waals surface area contributed by atoms with Gasteiger partial charge in [0.15, 0.2) is 9.84 Å². The number of hydrogen-bond acceptors (Lipinski definition) is 5. The number of rotatable bonds is 5. The zero-order valence-corrected chi connectivity index (χ0v) is 16.6. The molecular weight excluding hydrogens is 372 g/mol. The molecule has 2 atom stereocenters. The van der Waals surface area contributed by atoms with E-state index in [1.54, 1.807) is 0 Å². The lowest BCUT2D eigenvalue weighted by Crippen LogP contribution is -2.62. The number of sulfonamides is 1. The van der Waals surface area contributed by atoms with E-state index in [2.05, 4.69) is 4.72 Å². The van der Waals surface area contributed by atoms with Crippen molar-refractivity contribution in [2.24, 2.45) is 23.0 Å². The van der Waals surface area contributed by atoms with Crippen LogP contribution in [0.2, 0.25) is 0 Å². The second kappa shape index (κ2) is 5.77. The largest absolute Gasteiger partial charge is 0.325 e. The van der Waals surface area contributed by atoms with Crippen molar-refractivity contribution < 1.29 is 16.8 Å². The fraction of sp³-hybridized carbons (Fsp3) is 0.667. The molecule has 4 fully saturated rings. The van der Waals surface area contributed by atoms with Crippen molar-refractivity contribution in [2.45, 2.75) is 53.9 Å². The lowest BCUT2D eigenvalue weighted by Gasteiger charge is -2.61. The van der Waals surface area contributed by atoms with Gasteiger partial charge < -0.3 is 5.73 Å². The van der Waals surface area contributed by atoms with Gasteiger partial charge in [0, 0.05) is 18.3 Å². The standard InChI is InChI=1S/C18H26N2O4S2/c1-25(21,22)15-2-4-16(5-3-15)26(23,24)20-12-17-7-13-6-14(8-17)10-18(19,9-13)11-17/h2-5,13-14,20H,6-12,19H2,1H3. The van der Waals surface area contributed by atoms with Gasteiger partial charge >= 0.3 is 0 Å². The van der Waals surface area contributed by atoms with Crippen molar-refractivity contribution in [3.8, 4) is 0 Å². The predicted molar refractivity (Wildman–Crippen MR) is 98.8 cm³/mol. The quantitative estimate of drug-likeness (QED) is 0.785. The molecule has 5 rings (SSSR count). The summed E-state index contributed by atoms with van der Waals surface area (Å²) in [5, 5.41) is 0. The molecule has 2 unspecified atom stereocenters. The maximum atomic E-state index is 12.7. The Labute approximate surface area is 155 Å². The maximum absolute atomic E-state index is 12.7. The Hall–Kier alpha value is -0.960. The average molecular weight is 399 g/mol. The van der Waals surface area contributed by atoms with Gasteiger partial charge in [0.25, 0.3) is 0 Å². The Balaban J connectivity index is 1.50. The van der Waals surface area contributed by atoms with Gasteiger partial charge in [-0.2, -0.15) is 0 Å². The van der Waals surface area contributed by atoms with Gasteiger partial charge in [-0.05, 0) is 80.0 Å². The Kier molecular flexibility index (Phi) is 4.08. The second-order valence-electron chi connectivity index (χ2n) is 8.89.